The molecule has 0 unspecified atom stereocenters. The van der Waals surface area contributed by atoms with E-state index in [1.165, 1.54) is 13.0 Å². The average molecular weight is 445 g/mol. The molecular weight excluding hydrogens is 408 g/mol. The van der Waals surface area contributed by atoms with Gasteiger partial charge in [0.15, 0.2) is 11.4 Å². The van der Waals surface area contributed by atoms with Gasteiger partial charge < -0.3 is 14.6 Å². The minimum absolute atomic E-state index is 0.142. The van der Waals surface area contributed by atoms with Crippen molar-refractivity contribution in [1.82, 2.24) is 0 Å². The number of benzene rings is 1. The summed E-state index contributed by atoms with van der Waals surface area (Å²) in [5.74, 6) is -1.46. The lowest BCUT2D eigenvalue weighted by molar-refractivity contribution is -0.236. The molecule has 1 aromatic rings. The van der Waals surface area contributed by atoms with Crippen LogP contribution in [0.2, 0.25) is 0 Å². The van der Waals surface area contributed by atoms with Crippen molar-refractivity contribution in [3.63, 3.8) is 0 Å². The van der Waals surface area contributed by atoms with Crippen molar-refractivity contribution in [2.45, 2.75) is 79.1 Å². The highest BCUT2D eigenvalue weighted by atomic mass is 16.6. The number of ketones is 1. The molecule has 1 aliphatic carbocycles. The molecule has 176 valence electrons. The number of Topliss-reactive ketones (excluding diaryl/α,β-unsaturated/α-hetero) is 1. The van der Waals surface area contributed by atoms with Gasteiger partial charge in [-0.2, -0.15) is 0 Å². The van der Waals surface area contributed by atoms with E-state index in [4.69, 9.17) is 9.47 Å². The Kier molecular flexibility index (Phi) is 7.71. The first-order valence-electron chi connectivity index (χ1n) is 11.1. The van der Waals surface area contributed by atoms with Crippen molar-refractivity contribution < 1.29 is 29.0 Å². The second kappa shape index (κ2) is 9.57. The number of aliphatic hydroxyl groups is 1. The number of ether oxygens (including phenoxy) is 2. The number of carbonyl (C=O) groups is 3. The number of hydrogen-bond acceptors (Lipinski definition) is 6. The van der Waals surface area contributed by atoms with E-state index in [-0.39, 0.29) is 12.3 Å². The molecule has 0 aliphatic heterocycles. The second-order valence-electron chi connectivity index (χ2n) is 10.3. The van der Waals surface area contributed by atoms with Crippen molar-refractivity contribution in [1.29, 1.82) is 0 Å². The fourth-order valence-corrected chi connectivity index (χ4v) is 4.83. The highest BCUT2D eigenvalue weighted by molar-refractivity contribution is 5.95. The van der Waals surface area contributed by atoms with Crippen LogP contribution in [-0.2, 0) is 23.9 Å². The summed E-state index contributed by atoms with van der Waals surface area (Å²) in [7, 11) is 0. The topological polar surface area (TPSA) is 89.9 Å². The van der Waals surface area contributed by atoms with E-state index in [0.29, 0.717) is 6.42 Å². The fourth-order valence-electron chi connectivity index (χ4n) is 4.83. The molecule has 1 aliphatic rings. The van der Waals surface area contributed by atoms with Crippen molar-refractivity contribution in [2.24, 2.45) is 16.7 Å². The zero-order chi connectivity index (χ0) is 24.3. The molecule has 1 aromatic carbocycles. The minimum atomic E-state index is -1.90. The van der Waals surface area contributed by atoms with E-state index in [2.05, 4.69) is 0 Å². The Morgan fingerprint density at radius 1 is 1.06 bits per heavy atom. The average Bonchev–Trinajstić information content (AvgIpc) is 2.71. The quantitative estimate of drug-likeness (QED) is 0.497. The van der Waals surface area contributed by atoms with Crippen molar-refractivity contribution in [3.05, 3.63) is 42.0 Å². The van der Waals surface area contributed by atoms with Gasteiger partial charge in [-0.05, 0) is 44.2 Å². The molecule has 6 nitrogen and oxygen atoms in total. The summed E-state index contributed by atoms with van der Waals surface area (Å²) in [4.78, 5) is 38.2. The Hall–Kier alpha value is -2.47. The molecule has 3 atom stereocenters. The van der Waals surface area contributed by atoms with Gasteiger partial charge in [-0.1, -0.05) is 58.0 Å². The third-order valence-corrected chi connectivity index (χ3v) is 6.25. The largest absolute Gasteiger partial charge is 0.461 e. The summed E-state index contributed by atoms with van der Waals surface area (Å²) in [5, 5.41) is 11.7. The van der Waals surface area contributed by atoms with Gasteiger partial charge in [0.05, 0.1) is 5.41 Å². The molecule has 0 amide bonds. The summed E-state index contributed by atoms with van der Waals surface area (Å²) in [6.07, 6.45) is 1.53. The predicted octanol–water partition coefficient (Wildman–Crippen LogP) is 4.35. The number of hydrogen-bond donors (Lipinski definition) is 1. The Labute approximate surface area is 191 Å². The van der Waals surface area contributed by atoms with Gasteiger partial charge in [0.1, 0.15) is 12.2 Å². The maximum Gasteiger partial charge on any atom is 0.331 e. The number of rotatable bonds is 7. The van der Waals surface area contributed by atoms with Crippen LogP contribution in [0.25, 0.3) is 6.08 Å². The van der Waals surface area contributed by atoms with E-state index < -0.39 is 46.4 Å². The van der Waals surface area contributed by atoms with E-state index in [9.17, 15) is 19.5 Å². The maximum absolute atomic E-state index is 13.6. The third kappa shape index (κ3) is 5.29. The fraction of sp³-hybridized carbons (Fsp3) is 0.577. The predicted molar refractivity (Wildman–Crippen MR) is 123 cm³/mol. The lowest BCUT2D eigenvalue weighted by Crippen LogP contribution is -2.72. The van der Waals surface area contributed by atoms with Crippen LogP contribution in [0.1, 0.15) is 66.9 Å². The molecule has 0 heterocycles. The summed E-state index contributed by atoms with van der Waals surface area (Å²) in [6, 6.07) is 9.26. The van der Waals surface area contributed by atoms with Gasteiger partial charge >= 0.3 is 11.9 Å². The lowest BCUT2D eigenvalue weighted by Gasteiger charge is -2.56. The molecule has 0 radical (unpaired) electrons. The van der Waals surface area contributed by atoms with E-state index in [0.717, 1.165) is 5.56 Å². The molecule has 2 rings (SSSR count). The zero-order valence-electron chi connectivity index (χ0n) is 20.2. The van der Waals surface area contributed by atoms with Crippen molar-refractivity contribution >= 4 is 23.8 Å². The Bertz CT molecular complexity index is 868. The second-order valence-corrected chi connectivity index (χ2v) is 10.3. The van der Waals surface area contributed by atoms with Crippen LogP contribution >= 0.6 is 0 Å². The molecule has 0 spiro atoms. The maximum atomic E-state index is 13.6. The van der Waals surface area contributed by atoms with E-state index in [1.54, 1.807) is 33.8 Å². The standard InChI is InChI=1S/C26H36O6/c1-17(2)15-16-26(30)21(29)24(4,5)22(31-18(3)27)25(6,7)23(26)32-20(28)14-13-19-11-9-8-10-12-19/h8-14,17,22-23,30H,15-16H2,1-7H3/b14-13+/t22-,23+,26+/m1/s1. The monoisotopic (exact) mass is 444 g/mol. The van der Waals surface area contributed by atoms with Gasteiger partial charge in [0.2, 0.25) is 0 Å². The van der Waals surface area contributed by atoms with Crippen LogP contribution < -0.4 is 0 Å². The van der Waals surface area contributed by atoms with Gasteiger partial charge in [0, 0.05) is 18.4 Å². The normalized spacial score (nSPS) is 26.8. The molecular formula is C26H36O6. The number of esters is 2. The smallest absolute Gasteiger partial charge is 0.331 e. The summed E-state index contributed by atoms with van der Waals surface area (Å²) in [6.45, 7) is 12.1. The van der Waals surface area contributed by atoms with Crippen molar-refractivity contribution in [2.75, 3.05) is 0 Å². The lowest BCUT2D eigenvalue weighted by atomic mass is 9.54. The first-order valence-corrected chi connectivity index (χ1v) is 11.1. The summed E-state index contributed by atoms with van der Waals surface area (Å²) < 4.78 is 11.3. The van der Waals surface area contributed by atoms with Crippen LogP contribution in [0.15, 0.2) is 36.4 Å². The van der Waals surface area contributed by atoms with Crippen LogP contribution in [0.3, 0.4) is 0 Å². The Morgan fingerprint density at radius 3 is 2.19 bits per heavy atom. The van der Waals surface area contributed by atoms with Gasteiger partial charge in [-0.3, -0.25) is 9.59 Å². The molecule has 1 saturated carbocycles. The summed E-state index contributed by atoms with van der Waals surface area (Å²) in [5.41, 5.74) is -3.27. The van der Waals surface area contributed by atoms with E-state index >= 15 is 0 Å². The first-order chi connectivity index (χ1) is 14.7. The number of carbonyl (C=O) groups excluding carboxylic acids is 3. The highest BCUT2D eigenvalue weighted by Crippen LogP contribution is 2.52. The van der Waals surface area contributed by atoms with Gasteiger partial charge in [-0.15, -0.1) is 0 Å². The molecule has 0 aromatic heterocycles. The van der Waals surface area contributed by atoms with Crippen LogP contribution in [0.4, 0.5) is 0 Å². The molecule has 0 saturated heterocycles. The van der Waals surface area contributed by atoms with E-state index in [1.807, 2.05) is 44.2 Å². The highest BCUT2D eigenvalue weighted by Gasteiger charge is 2.68. The zero-order valence-corrected chi connectivity index (χ0v) is 20.2. The molecule has 32 heavy (non-hydrogen) atoms. The van der Waals surface area contributed by atoms with Crippen molar-refractivity contribution in [3.8, 4) is 0 Å². The molecule has 1 fully saturated rings. The van der Waals surface area contributed by atoms with Crippen LogP contribution in [-0.4, -0.2) is 40.6 Å². The molecule has 0 bridgehead atoms. The van der Waals surface area contributed by atoms with Gasteiger partial charge in [0.25, 0.3) is 0 Å². The SMILES string of the molecule is CC(=O)O[C@@H]1C(C)(C)C(=O)[C@@](O)(CCC(C)C)[C@@H](OC(=O)/C=C/c2ccccc2)C1(C)C. The first kappa shape index (κ1) is 25.8. The van der Waals surface area contributed by atoms with Crippen LogP contribution in [0.5, 0.6) is 0 Å². The molecule has 6 heteroatoms. The van der Waals surface area contributed by atoms with Crippen LogP contribution in [0, 0.1) is 16.7 Å². The van der Waals surface area contributed by atoms with Gasteiger partial charge in [-0.25, -0.2) is 4.79 Å². The minimum Gasteiger partial charge on any atom is -0.461 e. The summed E-state index contributed by atoms with van der Waals surface area (Å²) >= 11 is 0. The third-order valence-electron chi connectivity index (χ3n) is 6.25. The Morgan fingerprint density at radius 2 is 1.66 bits per heavy atom. The Balaban J connectivity index is 2.46. The molecule has 1 N–H and O–H groups in total.